The predicted octanol–water partition coefficient (Wildman–Crippen LogP) is 3.09. The minimum absolute atomic E-state index is 0.165. The second kappa shape index (κ2) is 9.74. The number of carbonyl (C=O) groups excluding carboxylic acids is 2. The molecule has 1 aromatic heterocycles. The minimum Gasteiger partial charge on any atom is -0.465 e. The summed E-state index contributed by atoms with van der Waals surface area (Å²) in [6.07, 6.45) is 4.61. The van der Waals surface area contributed by atoms with Gasteiger partial charge in [0.1, 0.15) is 0 Å². The van der Waals surface area contributed by atoms with E-state index in [1.165, 1.54) is 5.69 Å². The van der Waals surface area contributed by atoms with E-state index in [2.05, 4.69) is 23.6 Å². The zero-order chi connectivity index (χ0) is 22.7. The molecule has 0 saturated carbocycles. The van der Waals surface area contributed by atoms with E-state index >= 15 is 0 Å². The highest BCUT2D eigenvalue weighted by Gasteiger charge is 2.40. The van der Waals surface area contributed by atoms with Crippen LogP contribution in [0.25, 0.3) is 10.9 Å². The molecule has 1 aromatic carbocycles. The molecule has 2 aliphatic rings. The second-order valence-electron chi connectivity index (χ2n) is 8.71. The number of fused-ring (bicyclic) bond motifs is 1. The maximum absolute atomic E-state index is 13.2. The Balaban J connectivity index is 1.39. The van der Waals surface area contributed by atoms with Crippen molar-refractivity contribution in [3.8, 4) is 6.07 Å². The number of ether oxygens (including phenoxy) is 1. The van der Waals surface area contributed by atoms with Crippen LogP contribution in [-0.4, -0.2) is 64.6 Å². The summed E-state index contributed by atoms with van der Waals surface area (Å²) in [6, 6.07) is 10.3. The normalized spacial score (nSPS) is 20.8. The second-order valence-corrected chi connectivity index (χ2v) is 8.71. The number of carbonyl (C=O) groups is 2. The Hall–Kier alpha value is -2.85. The fourth-order valence-electron chi connectivity index (χ4n) is 5.17. The number of hydrogen-bond acceptors (Lipinski definition) is 5. The molecule has 0 aliphatic carbocycles. The molecule has 1 amide bonds. The molecule has 0 spiro atoms. The fourth-order valence-corrected chi connectivity index (χ4v) is 5.17. The van der Waals surface area contributed by atoms with Crippen molar-refractivity contribution in [1.82, 2.24) is 14.4 Å². The Bertz CT molecular complexity index is 1040. The lowest BCUT2D eigenvalue weighted by molar-refractivity contribution is -0.148. The smallest absolute Gasteiger partial charge is 0.320 e. The highest BCUT2D eigenvalue weighted by molar-refractivity contribution is 5.84. The van der Waals surface area contributed by atoms with Gasteiger partial charge >= 0.3 is 5.97 Å². The van der Waals surface area contributed by atoms with Crippen LogP contribution < -0.4 is 0 Å². The standard InChI is InChI=1S/C25H32N4O3/c1-3-28-21(15-19-8-7-18(16-26)14-23(19)28)10-9-20-11-13-29(20)25(31)22-6-5-12-27(22)17-24(30)32-4-2/h7-8,14-15,20,22H,3-6,9-13,17H2,1-2H3. The third-order valence-electron chi connectivity index (χ3n) is 6.88. The molecule has 32 heavy (non-hydrogen) atoms. The molecule has 0 N–H and O–H groups in total. The maximum Gasteiger partial charge on any atom is 0.320 e. The highest BCUT2D eigenvalue weighted by Crippen LogP contribution is 2.29. The maximum atomic E-state index is 13.2. The molecule has 0 radical (unpaired) electrons. The first-order valence-corrected chi connectivity index (χ1v) is 11.8. The molecular formula is C25H32N4O3. The minimum atomic E-state index is -0.251. The van der Waals surface area contributed by atoms with Gasteiger partial charge in [0.05, 0.1) is 30.8 Å². The Morgan fingerprint density at radius 3 is 2.72 bits per heavy atom. The lowest BCUT2D eigenvalue weighted by atomic mass is 9.95. The quantitative estimate of drug-likeness (QED) is 0.594. The van der Waals surface area contributed by atoms with E-state index in [9.17, 15) is 14.9 Å². The first-order valence-electron chi connectivity index (χ1n) is 11.8. The molecule has 2 aliphatic heterocycles. The van der Waals surface area contributed by atoms with Crippen LogP contribution in [0.2, 0.25) is 0 Å². The van der Waals surface area contributed by atoms with E-state index in [0.717, 1.165) is 62.6 Å². The number of aryl methyl sites for hydroxylation is 2. The predicted molar refractivity (Wildman–Crippen MR) is 122 cm³/mol. The summed E-state index contributed by atoms with van der Waals surface area (Å²) in [5.74, 6) is -0.0861. The molecule has 7 nitrogen and oxygen atoms in total. The Labute approximate surface area is 189 Å². The average molecular weight is 437 g/mol. The van der Waals surface area contributed by atoms with E-state index in [1.807, 2.05) is 28.0 Å². The summed E-state index contributed by atoms with van der Waals surface area (Å²) in [5, 5.41) is 10.4. The van der Waals surface area contributed by atoms with Gasteiger partial charge in [-0.25, -0.2) is 0 Å². The van der Waals surface area contributed by atoms with Gasteiger partial charge in [-0.05, 0) is 76.1 Å². The summed E-state index contributed by atoms with van der Waals surface area (Å²) in [5.41, 5.74) is 3.03. The number of amides is 1. The van der Waals surface area contributed by atoms with Crippen LogP contribution in [0.1, 0.15) is 50.8 Å². The van der Waals surface area contributed by atoms with Gasteiger partial charge in [0.25, 0.3) is 0 Å². The van der Waals surface area contributed by atoms with Gasteiger partial charge in [-0.15, -0.1) is 0 Å². The molecule has 2 saturated heterocycles. The monoisotopic (exact) mass is 436 g/mol. The van der Waals surface area contributed by atoms with Crippen molar-refractivity contribution in [1.29, 1.82) is 5.26 Å². The van der Waals surface area contributed by atoms with Crippen LogP contribution in [0.5, 0.6) is 0 Å². The molecule has 2 atom stereocenters. The van der Waals surface area contributed by atoms with Crippen LogP contribution in [0, 0.1) is 11.3 Å². The largest absolute Gasteiger partial charge is 0.465 e. The van der Waals surface area contributed by atoms with Gasteiger partial charge in [-0.3, -0.25) is 14.5 Å². The van der Waals surface area contributed by atoms with E-state index < -0.39 is 0 Å². The zero-order valence-corrected chi connectivity index (χ0v) is 19.0. The molecule has 2 aromatic rings. The van der Waals surface area contributed by atoms with E-state index in [-0.39, 0.29) is 30.5 Å². The lowest BCUT2D eigenvalue weighted by Gasteiger charge is -2.43. The van der Waals surface area contributed by atoms with Crippen molar-refractivity contribution < 1.29 is 14.3 Å². The molecule has 170 valence electrons. The number of hydrogen-bond donors (Lipinski definition) is 0. The van der Waals surface area contributed by atoms with Crippen LogP contribution in [0.4, 0.5) is 0 Å². The summed E-state index contributed by atoms with van der Waals surface area (Å²) in [6.45, 7) is 6.92. The summed E-state index contributed by atoms with van der Waals surface area (Å²) >= 11 is 0. The van der Waals surface area contributed by atoms with Gasteiger partial charge in [0.15, 0.2) is 0 Å². The van der Waals surface area contributed by atoms with Crippen molar-refractivity contribution in [2.75, 3.05) is 26.2 Å². The van der Waals surface area contributed by atoms with E-state index in [0.29, 0.717) is 12.2 Å². The number of esters is 1. The number of nitriles is 1. The SMILES string of the molecule is CCOC(=O)CN1CCCC1C(=O)N1CCC1CCc1cc2ccc(C#N)cc2n1CC. The third-order valence-corrected chi connectivity index (χ3v) is 6.88. The molecular weight excluding hydrogens is 404 g/mol. The molecule has 4 rings (SSSR count). The van der Waals surface area contributed by atoms with Crippen molar-refractivity contribution in [3.05, 3.63) is 35.5 Å². The van der Waals surface area contributed by atoms with Crippen molar-refractivity contribution >= 4 is 22.8 Å². The number of aromatic nitrogens is 1. The Morgan fingerprint density at radius 2 is 2.03 bits per heavy atom. The van der Waals surface area contributed by atoms with Crippen molar-refractivity contribution in [3.63, 3.8) is 0 Å². The van der Waals surface area contributed by atoms with Crippen molar-refractivity contribution in [2.45, 2.75) is 64.6 Å². The lowest BCUT2D eigenvalue weighted by Crippen LogP contribution is -2.57. The summed E-state index contributed by atoms with van der Waals surface area (Å²) in [7, 11) is 0. The summed E-state index contributed by atoms with van der Waals surface area (Å²) < 4.78 is 7.35. The van der Waals surface area contributed by atoms with Crippen molar-refractivity contribution in [2.24, 2.45) is 0 Å². The Kier molecular flexibility index (Phi) is 6.80. The van der Waals surface area contributed by atoms with Gasteiger partial charge < -0.3 is 14.2 Å². The first kappa shape index (κ1) is 22.3. The molecule has 3 heterocycles. The van der Waals surface area contributed by atoms with Gasteiger partial charge in [0.2, 0.25) is 5.91 Å². The third kappa shape index (κ3) is 4.37. The topological polar surface area (TPSA) is 78.6 Å². The van der Waals surface area contributed by atoms with E-state index in [4.69, 9.17) is 4.74 Å². The molecule has 7 heteroatoms. The number of nitrogens with zero attached hydrogens (tertiary/aromatic N) is 4. The van der Waals surface area contributed by atoms with E-state index in [1.54, 1.807) is 6.92 Å². The Morgan fingerprint density at radius 1 is 1.19 bits per heavy atom. The number of rotatable bonds is 8. The zero-order valence-electron chi connectivity index (χ0n) is 19.0. The molecule has 0 bridgehead atoms. The highest BCUT2D eigenvalue weighted by atomic mass is 16.5. The number of benzene rings is 1. The van der Waals surface area contributed by atoms with Crippen LogP contribution in [0.3, 0.4) is 0 Å². The number of likely N-dealkylation sites (tertiary alicyclic amines) is 2. The summed E-state index contributed by atoms with van der Waals surface area (Å²) in [4.78, 5) is 29.1. The van der Waals surface area contributed by atoms with Crippen LogP contribution in [-0.2, 0) is 27.3 Å². The van der Waals surface area contributed by atoms with Crippen LogP contribution in [0.15, 0.2) is 24.3 Å². The van der Waals surface area contributed by atoms with Gasteiger partial charge in [0, 0.05) is 30.3 Å². The molecule has 2 fully saturated rings. The van der Waals surface area contributed by atoms with Gasteiger partial charge in [-0.1, -0.05) is 6.07 Å². The van der Waals surface area contributed by atoms with Gasteiger partial charge in [-0.2, -0.15) is 5.26 Å². The van der Waals surface area contributed by atoms with Crippen LogP contribution >= 0.6 is 0 Å². The molecule has 2 unspecified atom stereocenters. The average Bonchev–Trinajstić information content (AvgIpc) is 3.36. The fraction of sp³-hybridized carbons (Fsp3) is 0.560. The first-order chi connectivity index (χ1) is 15.5.